The summed E-state index contributed by atoms with van der Waals surface area (Å²) in [6.07, 6.45) is 30.5. The zero-order chi connectivity index (χ0) is 41.1. The van der Waals surface area contributed by atoms with Gasteiger partial charge in [0.05, 0.1) is 6.61 Å². The molecule has 1 saturated heterocycles. The molecular weight excluding hydrogens is 716 g/mol. The quantitative estimate of drug-likeness (QED) is 0.0271. The molecule has 0 aromatic rings. The zero-order valence-electron chi connectivity index (χ0n) is 34.9. The van der Waals surface area contributed by atoms with E-state index in [4.69, 9.17) is 18.9 Å². The summed E-state index contributed by atoms with van der Waals surface area (Å²) in [5.74, 6) is -2.46. The third kappa shape index (κ3) is 27.1. The smallest absolute Gasteiger partial charge is 0.335 e. The van der Waals surface area contributed by atoms with Gasteiger partial charge in [-0.25, -0.2) is 4.79 Å². The molecule has 4 N–H and O–H groups in total. The zero-order valence-corrected chi connectivity index (χ0v) is 34.9. The molecule has 0 aromatic heterocycles. The average Bonchev–Trinajstić information content (AvgIpc) is 3.18. The van der Waals surface area contributed by atoms with Gasteiger partial charge in [-0.15, -0.1) is 0 Å². The topological polar surface area (TPSA) is 169 Å². The molecule has 0 spiro atoms. The highest BCUT2D eigenvalue weighted by Crippen LogP contribution is 2.23. The molecule has 1 aliphatic rings. The number of carbonyl (C=O) groups is 3. The monoisotopic (exact) mass is 795 g/mol. The summed E-state index contributed by atoms with van der Waals surface area (Å²) in [7, 11) is 0. The summed E-state index contributed by atoms with van der Waals surface area (Å²) in [5, 5.41) is 39.7. The predicted octanol–water partition coefficient (Wildman–Crippen LogP) is 9.20. The van der Waals surface area contributed by atoms with E-state index in [1.165, 1.54) is 70.6 Å². The van der Waals surface area contributed by atoms with E-state index in [2.05, 4.69) is 50.3 Å². The normalized spacial score (nSPS) is 20.6. The lowest BCUT2D eigenvalue weighted by molar-refractivity contribution is -0.298. The molecule has 1 heterocycles. The number of carboxylic acid groups (broad SMARTS) is 1. The van der Waals surface area contributed by atoms with Crippen molar-refractivity contribution in [2.24, 2.45) is 0 Å². The van der Waals surface area contributed by atoms with Crippen LogP contribution in [-0.2, 0) is 33.3 Å². The number of aliphatic hydroxyl groups is 3. The first kappa shape index (κ1) is 51.4. The van der Waals surface area contributed by atoms with Crippen molar-refractivity contribution in [1.29, 1.82) is 0 Å². The van der Waals surface area contributed by atoms with Crippen molar-refractivity contribution in [2.75, 3.05) is 13.2 Å². The molecular formula is C45H78O11. The van der Waals surface area contributed by atoms with Gasteiger partial charge in [-0.1, -0.05) is 153 Å². The first-order valence-electron chi connectivity index (χ1n) is 22.0. The molecule has 0 radical (unpaired) electrons. The molecule has 56 heavy (non-hydrogen) atoms. The number of allylic oxidation sites excluding steroid dienone is 6. The molecule has 0 aliphatic carbocycles. The fourth-order valence-corrected chi connectivity index (χ4v) is 6.47. The van der Waals surface area contributed by atoms with Crippen molar-refractivity contribution in [2.45, 2.75) is 218 Å². The van der Waals surface area contributed by atoms with Crippen LogP contribution in [0.4, 0.5) is 0 Å². The summed E-state index contributed by atoms with van der Waals surface area (Å²) in [6, 6.07) is 0. The van der Waals surface area contributed by atoms with Gasteiger partial charge in [-0.3, -0.25) is 9.59 Å². The maximum atomic E-state index is 12.7. The number of rotatable bonds is 36. The predicted molar refractivity (Wildman–Crippen MR) is 220 cm³/mol. The number of unbranched alkanes of at least 4 members (excludes halogenated alkanes) is 19. The van der Waals surface area contributed by atoms with Crippen molar-refractivity contribution in [3.05, 3.63) is 36.5 Å². The Bertz CT molecular complexity index is 1070. The molecule has 1 fully saturated rings. The van der Waals surface area contributed by atoms with Crippen LogP contribution in [0.1, 0.15) is 181 Å². The van der Waals surface area contributed by atoms with Gasteiger partial charge in [0.25, 0.3) is 0 Å². The second-order valence-electron chi connectivity index (χ2n) is 15.2. The number of esters is 2. The first-order valence-corrected chi connectivity index (χ1v) is 22.0. The van der Waals surface area contributed by atoms with Gasteiger partial charge in [0.15, 0.2) is 18.5 Å². The summed E-state index contributed by atoms with van der Waals surface area (Å²) >= 11 is 0. The lowest BCUT2D eigenvalue weighted by Gasteiger charge is -2.38. The Morgan fingerprint density at radius 2 is 1.00 bits per heavy atom. The molecule has 11 heteroatoms. The second-order valence-corrected chi connectivity index (χ2v) is 15.2. The van der Waals surface area contributed by atoms with E-state index in [0.29, 0.717) is 12.8 Å². The highest BCUT2D eigenvalue weighted by molar-refractivity contribution is 5.73. The van der Waals surface area contributed by atoms with E-state index in [1.807, 2.05) is 0 Å². The van der Waals surface area contributed by atoms with Crippen LogP contribution in [0.25, 0.3) is 0 Å². The van der Waals surface area contributed by atoms with Gasteiger partial charge in [0, 0.05) is 12.8 Å². The minimum absolute atomic E-state index is 0.182. The largest absolute Gasteiger partial charge is 0.479 e. The van der Waals surface area contributed by atoms with Gasteiger partial charge < -0.3 is 39.4 Å². The van der Waals surface area contributed by atoms with Crippen LogP contribution in [0.2, 0.25) is 0 Å². The van der Waals surface area contributed by atoms with Crippen molar-refractivity contribution in [3.8, 4) is 0 Å². The van der Waals surface area contributed by atoms with Crippen LogP contribution in [0.5, 0.6) is 0 Å². The Hall–Kier alpha value is -2.57. The van der Waals surface area contributed by atoms with E-state index < -0.39 is 61.3 Å². The molecule has 1 rings (SSSR count). The molecule has 11 nitrogen and oxygen atoms in total. The Balaban J connectivity index is 2.36. The van der Waals surface area contributed by atoms with E-state index in [9.17, 15) is 34.8 Å². The minimum Gasteiger partial charge on any atom is -0.479 e. The lowest BCUT2D eigenvalue weighted by atomic mass is 9.99. The number of aliphatic hydroxyl groups excluding tert-OH is 3. The number of carboxylic acids is 1. The first-order chi connectivity index (χ1) is 27.2. The van der Waals surface area contributed by atoms with Gasteiger partial charge in [0.1, 0.15) is 24.9 Å². The van der Waals surface area contributed by atoms with Crippen molar-refractivity contribution >= 4 is 17.9 Å². The number of carbonyl (C=O) groups excluding carboxylic acids is 2. The van der Waals surface area contributed by atoms with Crippen LogP contribution >= 0.6 is 0 Å². The third-order valence-corrected chi connectivity index (χ3v) is 9.99. The fraction of sp³-hybridized carbons (Fsp3) is 0.800. The molecule has 6 unspecified atom stereocenters. The van der Waals surface area contributed by atoms with Gasteiger partial charge in [-0.05, 0) is 51.4 Å². The Kier molecular flexibility index (Phi) is 32.7. The molecule has 1 aliphatic heterocycles. The second kappa shape index (κ2) is 35.6. The SMILES string of the molecule is CCCCC/C=C\C/C=C\C/C=C\CCCCCCCCC(=O)OCC(COC1OC(C(=O)O)C(O)C(O)C1O)OC(=O)CCCCCCCCCCCCC. The maximum absolute atomic E-state index is 12.7. The van der Waals surface area contributed by atoms with Crippen molar-refractivity contribution in [3.63, 3.8) is 0 Å². The lowest BCUT2D eigenvalue weighted by Crippen LogP contribution is -2.60. The van der Waals surface area contributed by atoms with E-state index in [1.54, 1.807) is 0 Å². The van der Waals surface area contributed by atoms with E-state index in [0.717, 1.165) is 70.6 Å². The average molecular weight is 795 g/mol. The Labute approximate surface area is 338 Å². The summed E-state index contributed by atoms with van der Waals surface area (Å²) in [6.45, 7) is 3.76. The summed E-state index contributed by atoms with van der Waals surface area (Å²) in [4.78, 5) is 36.7. The minimum atomic E-state index is -1.86. The Morgan fingerprint density at radius 1 is 0.554 bits per heavy atom. The third-order valence-electron chi connectivity index (χ3n) is 9.99. The molecule has 0 amide bonds. The van der Waals surface area contributed by atoms with Crippen LogP contribution in [0, 0.1) is 0 Å². The van der Waals surface area contributed by atoms with Crippen LogP contribution in [0.3, 0.4) is 0 Å². The van der Waals surface area contributed by atoms with Crippen LogP contribution in [0.15, 0.2) is 36.5 Å². The fourth-order valence-electron chi connectivity index (χ4n) is 6.47. The van der Waals surface area contributed by atoms with Gasteiger partial charge >= 0.3 is 17.9 Å². The highest BCUT2D eigenvalue weighted by atomic mass is 16.7. The number of hydrogen-bond donors (Lipinski definition) is 4. The highest BCUT2D eigenvalue weighted by Gasteiger charge is 2.47. The van der Waals surface area contributed by atoms with Gasteiger partial charge in [0.2, 0.25) is 0 Å². The number of ether oxygens (including phenoxy) is 4. The standard InChI is InChI=1S/C45H78O11/c1-3-5-7-9-11-13-15-16-17-18-19-20-21-22-24-25-27-29-31-33-38(46)53-35-37(36-54-45-42(50)40(48)41(49)43(56-45)44(51)52)55-39(47)34-32-30-28-26-23-14-12-10-8-6-4-2/h11,13,16-17,19-20,37,40-43,45,48-50H,3-10,12,14-15,18,21-36H2,1-2H3,(H,51,52)/b13-11-,17-16-,20-19-. The molecule has 0 saturated carbocycles. The molecule has 0 aromatic carbocycles. The van der Waals surface area contributed by atoms with E-state index >= 15 is 0 Å². The van der Waals surface area contributed by atoms with Crippen LogP contribution < -0.4 is 0 Å². The van der Waals surface area contributed by atoms with Crippen LogP contribution in [-0.4, -0.2) is 88.4 Å². The molecule has 6 atom stereocenters. The summed E-state index contributed by atoms with van der Waals surface area (Å²) in [5.41, 5.74) is 0. The number of aliphatic carboxylic acids is 1. The number of hydrogen-bond acceptors (Lipinski definition) is 10. The van der Waals surface area contributed by atoms with Crippen molar-refractivity contribution in [1.82, 2.24) is 0 Å². The summed E-state index contributed by atoms with van der Waals surface area (Å²) < 4.78 is 21.7. The van der Waals surface area contributed by atoms with Gasteiger partial charge in [-0.2, -0.15) is 0 Å². The maximum Gasteiger partial charge on any atom is 0.335 e. The molecule has 0 bridgehead atoms. The Morgan fingerprint density at radius 3 is 1.54 bits per heavy atom. The van der Waals surface area contributed by atoms with Crippen molar-refractivity contribution < 1.29 is 53.8 Å². The van der Waals surface area contributed by atoms with E-state index in [-0.39, 0.29) is 19.4 Å². The molecule has 324 valence electrons.